The van der Waals surface area contributed by atoms with Gasteiger partial charge in [-0.15, -0.1) is 0 Å². The molecular weight excluding hydrogens is 1040 g/mol. The molecule has 8 nitrogen and oxygen atoms in total. The number of allylic oxidation sites excluding steroid dienone is 27. The summed E-state index contributed by atoms with van der Waals surface area (Å²) >= 11 is 0. The van der Waals surface area contributed by atoms with Gasteiger partial charge in [0.2, 0.25) is 5.91 Å². The fourth-order valence-corrected chi connectivity index (χ4v) is 9.26. The van der Waals surface area contributed by atoms with Gasteiger partial charge in [-0.25, -0.2) is 0 Å². The molecule has 0 aliphatic carbocycles. The van der Waals surface area contributed by atoms with Crippen LogP contribution in [0.15, 0.2) is 170 Å². The number of nitrogens with one attached hydrogen (secondary N) is 1. The lowest BCUT2D eigenvalue weighted by Gasteiger charge is -2.29. The highest BCUT2D eigenvalue weighted by molar-refractivity contribution is 7.45. The standard InChI is InChI=1S/C74H123N2O6P/c1-6-8-10-12-14-16-18-20-22-24-26-28-29-30-31-32-33-34-35-36-37-38-39-40-41-42-43-44-45-46-47-48-50-52-54-56-58-60-62-64-66-68-74(78)75-72(71-82-83(79,80)81-70-69-76(3,4)5)73(77)67-65-63-61-59-57-55-53-51-49-27-25-23-21-19-17-15-13-11-9-7-2/h8,10,14,16,20,22,26,28,30-31,33-34,36-37,39-40,42-43,45-46,48-51,57,59,65,67,72-73,77H,6-7,9,11-13,15,17-19,21,23-25,27,29,32,35,38,41,44,47,52-56,58,60-64,66,68-71H2,1-5H3,(H-,75,78,79,80)/b10-8-,16-14-,22-20-,28-26-,31-30-,34-33-,37-36-,40-39-,43-42-,46-45-,50-48-,51-49+,59-57+,67-65+. The van der Waals surface area contributed by atoms with Crippen LogP contribution in [-0.2, 0) is 18.4 Å². The van der Waals surface area contributed by atoms with Gasteiger partial charge in [-0.1, -0.05) is 274 Å². The van der Waals surface area contributed by atoms with Crippen molar-refractivity contribution in [1.82, 2.24) is 5.32 Å². The number of hydrogen-bond acceptors (Lipinski definition) is 6. The maximum Gasteiger partial charge on any atom is 0.268 e. The molecule has 0 fully saturated rings. The summed E-state index contributed by atoms with van der Waals surface area (Å²) in [5.74, 6) is -0.229. The van der Waals surface area contributed by atoms with Crippen molar-refractivity contribution < 1.29 is 32.9 Å². The third-order valence-electron chi connectivity index (χ3n) is 13.6. The maximum atomic E-state index is 13.0. The summed E-state index contributed by atoms with van der Waals surface area (Å²) in [4.78, 5) is 25.6. The lowest BCUT2D eigenvalue weighted by Crippen LogP contribution is -2.45. The van der Waals surface area contributed by atoms with Crippen LogP contribution >= 0.6 is 7.82 Å². The molecule has 3 unspecified atom stereocenters. The van der Waals surface area contributed by atoms with Crippen molar-refractivity contribution in [2.75, 3.05) is 40.9 Å². The molecule has 470 valence electrons. The molecule has 0 aliphatic heterocycles. The Hall–Kier alpha value is -4.14. The van der Waals surface area contributed by atoms with E-state index in [1.807, 2.05) is 27.2 Å². The Morgan fingerprint density at radius 3 is 1.12 bits per heavy atom. The van der Waals surface area contributed by atoms with E-state index in [0.717, 1.165) is 128 Å². The van der Waals surface area contributed by atoms with Gasteiger partial charge in [0.1, 0.15) is 13.2 Å². The Kier molecular flexibility index (Phi) is 59.3. The zero-order valence-corrected chi connectivity index (χ0v) is 54.5. The molecule has 0 aromatic carbocycles. The molecule has 2 N–H and O–H groups in total. The normalized spacial score (nSPS) is 14.8. The minimum absolute atomic E-state index is 0.0201. The summed E-state index contributed by atoms with van der Waals surface area (Å²) in [5, 5.41) is 13.9. The number of likely N-dealkylation sites (N-methyl/N-ethyl adjacent to an activating group) is 1. The second-order valence-corrected chi connectivity index (χ2v) is 24.1. The molecular formula is C74H123N2O6P. The van der Waals surface area contributed by atoms with E-state index in [0.29, 0.717) is 17.4 Å². The lowest BCUT2D eigenvalue weighted by atomic mass is 10.1. The van der Waals surface area contributed by atoms with Gasteiger partial charge in [-0.2, -0.15) is 0 Å². The number of nitrogens with zero attached hydrogens (tertiary/aromatic N) is 1. The zero-order chi connectivity index (χ0) is 60.5. The SMILES string of the molecule is CC/C=C\C/C=C\C/C=C\C/C=C\C/C=C\C/C=C\C/C=C\C/C=C\C/C=C\C/C=C\C/C=C\CCCCCCCCCC(=O)NC(COP(=O)([O-])OCC[N+](C)(C)C)C(O)/C=C/CC/C=C/CC/C=C/CCCCCCCCCCCC. The van der Waals surface area contributed by atoms with Crippen molar-refractivity contribution in [3.63, 3.8) is 0 Å². The third kappa shape index (κ3) is 65.3. The lowest BCUT2D eigenvalue weighted by molar-refractivity contribution is -0.870. The Morgan fingerprint density at radius 2 is 0.747 bits per heavy atom. The highest BCUT2D eigenvalue weighted by atomic mass is 31.2. The quantitative estimate of drug-likeness (QED) is 0.0272. The van der Waals surface area contributed by atoms with Gasteiger partial charge < -0.3 is 28.8 Å². The Labute approximate surface area is 511 Å². The summed E-state index contributed by atoms with van der Waals surface area (Å²) in [5.41, 5.74) is 0. The first-order chi connectivity index (χ1) is 40.5. The van der Waals surface area contributed by atoms with Crippen LogP contribution in [-0.4, -0.2) is 68.5 Å². The summed E-state index contributed by atoms with van der Waals surface area (Å²) in [6.45, 7) is 4.48. The molecule has 3 atom stereocenters. The minimum Gasteiger partial charge on any atom is -0.756 e. The topological polar surface area (TPSA) is 108 Å². The summed E-state index contributed by atoms with van der Waals surface area (Å²) in [6, 6.07) is -0.929. The fraction of sp³-hybridized carbons (Fsp3) is 0.608. The number of unbranched alkanes of at least 4 members (excludes halogenated alkanes) is 19. The Balaban J connectivity index is 4.22. The van der Waals surface area contributed by atoms with Gasteiger partial charge in [0.15, 0.2) is 0 Å². The van der Waals surface area contributed by atoms with E-state index in [-0.39, 0.29) is 12.5 Å². The van der Waals surface area contributed by atoms with E-state index in [1.165, 1.54) is 89.9 Å². The van der Waals surface area contributed by atoms with Crippen LogP contribution < -0.4 is 10.2 Å². The first-order valence-corrected chi connectivity index (χ1v) is 34.5. The highest BCUT2D eigenvalue weighted by Crippen LogP contribution is 2.38. The first-order valence-electron chi connectivity index (χ1n) is 33.0. The number of quaternary nitrogens is 1. The van der Waals surface area contributed by atoms with Crippen molar-refractivity contribution in [3.05, 3.63) is 170 Å². The van der Waals surface area contributed by atoms with Crippen molar-refractivity contribution >= 4 is 13.7 Å². The maximum absolute atomic E-state index is 13.0. The van der Waals surface area contributed by atoms with Crippen LogP contribution in [0.4, 0.5) is 0 Å². The second-order valence-electron chi connectivity index (χ2n) is 22.7. The van der Waals surface area contributed by atoms with E-state index < -0.39 is 26.6 Å². The van der Waals surface area contributed by atoms with E-state index in [4.69, 9.17) is 9.05 Å². The average molecular weight is 1170 g/mol. The Morgan fingerprint density at radius 1 is 0.434 bits per heavy atom. The van der Waals surface area contributed by atoms with Crippen LogP contribution in [0.3, 0.4) is 0 Å². The molecule has 0 aromatic rings. The van der Waals surface area contributed by atoms with Gasteiger partial charge in [-0.3, -0.25) is 9.36 Å². The second kappa shape index (κ2) is 62.4. The van der Waals surface area contributed by atoms with Gasteiger partial charge in [0, 0.05) is 6.42 Å². The van der Waals surface area contributed by atoms with Crippen molar-refractivity contribution in [2.45, 2.75) is 251 Å². The fourth-order valence-electron chi connectivity index (χ4n) is 8.54. The average Bonchev–Trinajstić information content (AvgIpc) is 3.49. The molecule has 83 heavy (non-hydrogen) atoms. The molecule has 0 spiro atoms. The predicted octanol–water partition coefficient (Wildman–Crippen LogP) is 20.5. The number of carbonyl (C=O) groups excluding carboxylic acids is 1. The molecule has 0 saturated heterocycles. The zero-order valence-electron chi connectivity index (χ0n) is 53.6. The van der Waals surface area contributed by atoms with Gasteiger partial charge in [0.05, 0.1) is 39.9 Å². The van der Waals surface area contributed by atoms with E-state index in [9.17, 15) is 19.4 Å². The minimum atomic E-state index is -4.63. The van der Waals surface area contributed by atoms with E-state index in [1.54, 1.807) is 6.08 Å². The van der Waals surface area contributed by atoms with Crippen LogP contribution in [0.1, 0.15) is 239 Å². The first kappa shape index (κ1) is 78.9. The third-order valence-corrected chi connectivity index (χ3v) is 14.6. The molecule has 0 aromatic heterocycles. The molecule has 0 aliphatic rings. The van der Waals surface area contributed by atoms with Crippen LogP contribution in [0.2, 0.25) is 0 Å². The number of hydrogen-bond donors (Lipinski definition) is 2. The number of phosphoric ester groups is 1. The molecule has 0 heterocycles. The molecule has 0 saturated carbocycles. The summed E-state index contributed by atoms with van der Waals surface area (Å²) in [7, 11) is 1.20. The Bertz CT molecular complexity index is 1960. The van der Waals surface area contributed by atoms with Crippen molar-refractivity contribution in [3.8, 4) is 0 Å². The van der Waals surface area contributed by atoms with Crippen molar-refractivity contribution in [1.29, 1.82) is 0 Å². The van der Waals surface area contributed by atoms with Crippen LogP contribution in [0.5, 0.6) is 0 Å². The highest BCUT2D eigenvalue weighted by Gasteiger charge is 2.23. The number of phosphoric acid groups is 1. The molecule has 0 rings (SSSR count). The van der Waals surface area contributed by atoms with E-state index >= 15 is 0 Å². The van der Waals surface area contributed by atoms with Gasteiger partial charge in [-0.05, 0) is 128 Å². The number of carbonyl (C=O) groups is 1. The molecule has 9 heteroatoms. The summed E-state index contributed by atoms with van der Waals surface area (Å²) < 4.78 is 23.4. The number of rotatable bonds is 58. The summed E-state index contributed by atoms with van der Waals surface area (Å²) in [6.07, 6.45) is 98.8. The smallest absolute Gasteiger partial charge is 0.268 e. The largest absolute Gasteiger partial charge is 0.756 e. The predicted molar refractivity (Wildman–Crippen MR) is 361 cm³/mol. The van der Waals surface area contributed by atoms with Crippen LogP contribution in [0.25, 0.3) is 0 Å². The number of amides is 1. The van der Waals surface area contributed by atoms with Crippen LogP contribution in [0, 0.1) is 0 Å². The molecule has 0 radical (unpaired) electrons. The van der Waals surface area contributed by atoms with Gasteiger partial charge in [0.25, 0.3) is 7.82 Å². The van der Waals surface area contributed by atoms with E-state index in [2.05, 4.69) is 177 Å². The monoisotopic (exact) mass is 1170 g/mol. The molecule has 0 bridgehead atoms. The van der Waals surface area contributed by atoms with Crippen molar-refractivity contribution in [2.24, 2.45) is 0 Å². The number of aliphatic hydroxyl groups excluding tert-OH is 1. The number of aliphatic hydroxyl groups is 1. The molecule has 1 amide bonds. The van der Waals surface area contributed by atoms with Gasteiger partial charge >= 0.3 is 0 Å².